The average Bonchev–Trinajstić information content (AvgIpc) is 2.64. The maximum absolute atomic E-state index is 12.0. The Morgan fingerprint density at radius 1 is 1.50 bits per heavy atom. The molecule has 1 aromatic rings. The molecule has 0 atom stereocenters. The van der Waals surface area contributed by atoms with Crippen LogP contribution in [-0.4, -0.2) is 43.4 Å². The van der Waals surface area contributed by atoms with Gasteiger partial charge in [0, 0.05) is 18.1 Å². The summed E-state index contributed by atoms with van der Waals surface area (Å²) in [5.41, 5.74) is -1.28. The molecule has 0 saturated carbocycles. The second-order valence-corrected chi connectivity index (χ2v) is 4.94. The molecule has 0 aromatic carbocycles. The molecule has 0 aliphatic carbocycles. The molecule has 0 saturated heterocycles. The van der Waals surface area contributed by atoms with Crippen molar-refractivity contribution in [3.05, 3.63) is 5.82 Å². The topological polar surface area (TPSA) is 95.4 Å². The largest absolute Gasteiger partial charge is 0.480 e. The van der Waals surface area contributed by atoms with Gasteiger partial charge in [0.1, 0.15) is 11.4 Å². The van der Waals surface area contributed by atoms with Gasteiger partial charge >= 0.3 is 12.0 Å². The highest BCUT2D eigenvalue weighted by Crippen LogP contribution is 2.17. The van der Waals surface area contributed by atoms with E-state index in [9.17, 15) is 9.59 Å². The van der Waals surface area contributed by atoms with Crippen molar-refractivity contribution >= 4 is 28.7 Å². The molecule has 0 radical (unpaired) electrons. The van der Waals surface area contributed by atoms with Gasteiger partial charge in [0.2, 0.25) is 5.13 Å². The van der Waals surface area contributed by atoms with Gasteiger partial charge in [-0.05, 0) is 27.7 Å². The number of carboxylic acid groups (broad SMARTS) is 1. The van der Waals surface area contributed by atoms with Crippen LogP contribution in [-0.2, 0) is 4.79 Å². The minimum Gasteiger partial charge on any atom is -0.480 e. The van der Waals surface area contributed by atoms with Crippen molar-refractivity contribution in [1.82, 2.24) is 14.3 Å². The van der Waals surface area contributed by atoms with Gasteiger partial charge in [0.25, 0.3) is 0 Å². The molecule has 1 aromatic heterocycles. The van der Waals surface area contributed by atoms with Crippen LogP contribution in [0, 0.1) is 6.92 Å². The van der Waals surface area contributed by atoms with Crippen LogP contribution in [0.2, 0.25) is 0 Å². The summed E-state index contributed by atoms with van der Waals surface area (Å²) in [7, 11) is 0. The molecule has 0 unspecified atom stereocenters. The Bertz CT molecular complexity index is 458. The molecule has 2 amide bonds. The van der Waals surface area contributed by atoms with E-state index in [1.54, 1.807) is 13.8 Å². The van der Waals surface area contributed by atoms with Crippen LogP contribution in [0.4, 0.5) is 9.93 Å². The molecule has 0 fully saturated rings. The molecule has 100 valence electrons. The van der Waals surface area contributed by atoms with E-state index in [2.05, 4.69) is 14.7 Å². The molecule has 8 heteroatoms. The predicted octanol–water partition coefficient (Wildman–Crippen LogP) is 1.56. The number of amides is 2. The maximum Gasteiger partial charge on any atom is 0.329 e. The molecule has 0 spiro atoms. The van der Waals surface area contributed by atoms with E-state index >= 15 is 0 Å². The second kappa shape index (κ2) is 5.30. The van der Waals surface area contributed by atoms with E-state index in [0.717, 1.165) is 11.5 Å². The van der Waals surface area contributed by atoms with E-state index in [1.807, 2.05) is 0 Å². The van der Waals surface area contributed by atoms with E-state index < -0.39 is 17.5 Å². The number of carbonyl (C=O) groups excluding carboxylic acids is 1. The van der Waals surface area contributed by atoms with E-state index in [0.29, 0.717) is 11.0 Å². The summed E-state index contributed by atoms with van der Waals surface area (Å²) in [4.78, 5) is 28.4. The number of carboxylic acids is 1. The number of carbonyl (C=O) groups is 2. The first-order valence-electron chi connectivity index (χ1n) is 5.41. The van der Waals surface area contributed by atoms with Crippen LogP contribution in [0.1, 0.15) is 26.6 Å². The molecular formula is C10H16N4O3S. The molecule has 0 aliphatic heterocycles. The molecule has 1 heterocycles. The van der Waals surface area contributed by atoms with Crippen molar-refractivity contribution in [2.45, 2.75) is 33.2 Å². The van der Waals surface area contributed by atoms with Gasteiger partial charge in [0.05, 0.1) is 0 Å². The molecule has 2 N–H and O–H groups in total. The first-order valence-corrected chi connectivity index (χ1v) is 6.18. The number of hydrogen-bond donors (Lipinski definition) is 2. The van der Waals surface area contributed by atoms with E-state index in [-0.39, 0.29) is 6.54 Å². The lowest BCUT2D eigenvalue weighted by Gasteiger charge is -2.33. The minimum atomic E-state index is -1.28. The zero-order chi connectivity index (χ0) is 13.9. The Hall–Kier alpha value is -1.70. The molecular weight excluding hydrogens is 256 g/mol. The smallest absolute Gasteiger partial charge is 0.329 e. The number of nitrogens with zero attached hydrogens (tertiary/aromatic N) is 3. The van der Waals surface area contributed by atoms with Gasteiger partial charge < -0.3 is 10.0 Å². The number of hydrogen-bond acceptors (Lipinski definition) is 5. The highest BCUT2D eigenvalue weighted by atomic mass is 32.1. The summed E-state index contributed by atoms with van der Waals surface area (Å²) in [6, 6.07) is -0.499. The van der Waals surface area contributed by atoms with Crippen LogP contribution >= 0.6 is 11.5 Å². The lowest BCUT2D eigenvalue weighted by atomic mass is 10.0. The summed E-state index contributed by atoms with van der Waals surface area (Å²) in [6.07, 6.45) is 0. The SMILES string of the molecule is CCN(C(=O)Nc1nc(C)ns1)C(C)(C)C(=O)O. The molecule has 1 rings (SSSR count). The molecule has 0 bridgehead atoms. The Kier molecular flexibility index (Phi) is 4.23. The first kappa shape index (κ1) is 14.4. The summed E-state index contributed by atoms with van der Waals surface area (Å²) < 4.78 is 3.93. The normalized spacial score (nSPS) is 11.1. The number of aryl methyl sites for hydroxylation is 1. The van der Waals surface area contributed by atoms with Crippen molar-refractivity contribution in [3.63, 3.8) is 0 Å². The van der Waals surface area contributed by atoms with Gasteiger partial charge in [0.15, 0.2) is 0 Å². The quantitative estimate of drug-likeness (QED) is 0.867. The number of rotatable bonds is 4. The fourth-order valence-corrected chi connectivity index (χ4v) is 1.98. The monoisotopic (exact) mass is 272 g/mol. The molecule has 0 aliphatic rings. The summed E-state index contributed by atoms with van der Waals surface area (Å²) in [5, 5.41) is 12.0. The Balaban J connectivity index is 2.83. The van der Waals surface area contributed by atoms with Gasteiger partial charge in [-0.3, -0.25) is 5.32 Å². The van der Waals surface area contributed by atoms with Gasteiger partial charge in [-0.1, -0.05) is 0 Å². The van der Waals surface area contributed by atoms with Gasteiger partial charge in [-0.25, -0.2) is 14.6 Å². The van der Waals surface area contributed by atoms with Crippen molar-refractivity contribution in [2.75, 3.05) is 11.9 Å². The Morgan fingerprint density at radius 3 is 2.50 bits per heavy atom. The van der Waals surface area contributed by atoms with Crippen LogP contribution < -0.4 is 5.32 Å². The van der Waals surface area contributed by atoms with Crippen molar-refractivity contribution < 1.29 is 14.7 Å². The molecule has 7 nitrogen and oxygen atoms in total. The van der Waals surface area contributed by atoms with Crippen LogP contribution in [0.5, 0.6) is 0 Å². The fraction of sp³-hybridized carbons (Fsp3) is 0.600. The highest BCUT2D eigenvalue weighted by Gasteiger charge is 2.37. The third-order valence-electron chi connectivity index (χ3n) is 2.50. The van der Waals surface area contributed by atoms with Crippen LogP contribution in [0.25, 0.3) is 0 Å². The van der Waals surface area contributed by atoms with Crippen molar-refractivity contribution in [2.24, 2.45) is 0 Å². The third kappa shape index (κ3) is 2.95. The third-order valence-corrected chi connectivity index (χ3v) is 3.22. The number of aromatic nitrogens is 2. The lowest BCUT2D eigenvalue weighted by Crippen LogP contribution is -2.54. The zero-order valence-electron chi connectivity index (χ0n) is 10.7. The van der Waals surface area contributed by atoms with E-state index in [4.69, 9.17) is 5.11 Å². The Labute approximate surface area is 109 Å². The number of aliphatic carboxylic acids is 1. The van der Waals surface area contributed by atoms with Crippen LogP contribution in [0.3, 0.4) is 0 Å². The second-order valence-electron chi connectivity index (χ2n) is 4.19. The summed E-state index contributed by atoms with van der Waals surface area (Å²) in [5.74, 6) is -0.496. The van der Waals surface area contributed by atoms with Gasteiger partial charge in [-0.2, -0.15) is 4.37 Å². The van der Waals surface area contributed by atoms with E-state index in [1.165, 1.54) is 18.7 Å². The number of likely N-dealkylation sites (N-methyl/N-ethyl adjacent to an activating group) is 1. The number of nitrogens with one attached hydrogen (secondary N) is 1. The zero-order valence-corrected chi connectivity index (χ0v) is 11.5. The first-order chi connectivity index (χ1) is 8.28. The molecule has 18 heavy (non-hydrogen) atoms. The summed E-state index contributed by atoms with van der Waals surface area (Å²) in [6.45, 7) is 6.66. The number of anilines is 1. The number of urea groups is 1. The fourth-order valence-electron chi connectivity index (χ4n) is 1.42. The van der Waals surface area contributed by atoms with Crippen molar-refractivity contribution in [3.8, 4) is 0 Å². The maximum atomic E-state index is 12.0. The Morgan fingerprint density at radius 2 is 2.11 bits per heavy atom. The predicted molar refractivity (Wildman–Crippen MR) is 67.8 cm³/mol. The van der Waals surface area contributed by atoms with Crippen LogP contribution in [0.15, 0.2) is 0 Å². The van der Waals surface area contributed by atoms with Crippen molar-refractivity contribution in [1.29, 1.82) is 0 Å². The summed E-state index contributed by atoms with van der Waals surface area (Å²) >= 11 is 1.06. The lowest BCUT2D eigenvalue weighted by molar-refractivity contribution is -0.147. The minimum absolute atomic E-state index is 0.281. The standard InChI is InChI=1S/C10H16N4O3S/c1-5-14(10(3,4)7(15)16)9(17)12-8-11-6(2)13-18-8/h5H2,1-4H3,(H,15,16)(H,11,12,13,17). The highest BCUT2D eigenvalue weighted by molar-refractivity contribution is 7.09. The average molecular weight is 272 g/mol. The van der Waals surface area contributed by atoms with Gasteiger partial charge in [-0.15, -0.1) is 0 Å².